The summed E-state index contributed by atoms with van der Waals surface area (Å²) in [5.41, 5.74) is 3.20. The number of thioether (sulfide) groups is 1. The molecule has 0 aliphatic carbocycles. The second-order valence-corrected chi connectivity index (χ2v) is 12.0. The van der Waals surface area contributed by atoms with E-state index in [2.05, 4.69) is 20.5 Å². The molecule has 0 atom stereocenters. The predicted molar refractivity (Wildman–Crippen MR) is 154 cm³/mol. The topological polar surface area (TPSA) is 122 Å². The summed E-state index contributed by atoms with van der Waals surface area (Å²) >= 11 is 1.27. The van der Waals surface area contributed by atoms with Crippen LogP contribution in [0.15, 0.2) is 95.0 Å². The number of nitrogens with zero attached hydrogens (tertiary/aromatic N) is 4. The lowest BCUT2D eigenvalue weighted by Gasteiger charge is -2.26. The Labute approximate surface area is 235 Å². The minimum absolute atomic E-state index is 0.0888. The number of benzene rings is 3. The first-order chi connectivity index (χ1) is 19.5. The van der Waals surface area contributed by atoms with Crippen molar-refractivity contribution in [3.8, 4) is 17.2 Å². The third-order valence-corrected chi connectivity index (χ3v) is 9.34. The van der Waals surface area contributed by atoms with Crippen LogP contribution in [0.5, 0.6) is 0 Å². The molecule has 1 aliphatic rings. The molecule has 204 valence electrons. The Bertz CT molecular complexity index is 1710. The van der Waals surface area contributed by atoms with E-state index >= 15 is 0 Å². The monoisotopic (exact) mass is 574 g/mol. The lowest BCUT2D eigenvalue weighted by Crippen LogP contribution is -2.40. The van der Waals surface area contributed by atoms with Gasteiger partial charge in [-0.2, -0.15) is 4.31 Å². The fourth-order valence-electron chi connectivity index (χ4n) is 4.51. The molecule has 0 saturated carbocycles. The van der Waals surface area contributed by atoms with Crippen LogP contribution in [-0.4, -0.2) is 70.4 Å². The number of amides is 1. The third kappa shape index (κ3) is 5.39. The Hall–Kier alpha value is -3.97. The Kier molecular flexibility index (Phi) is 7.39. The molecule has 1 fully saturated rings. The van der Waals surface area contributed by atoms with Crippen molar-refractivity contribution in [3.63, 3.8) is 0 Å². The first-order valence-corrected chi connectivity index (χ1v) is 15.1. The van der Waals surface area contributed by atoms with Gasteiger partial charge < -0.3 is 15.0 Å². The van der Waals surface area contributed by atoms with Gasteiger partial charge in [0.25, 0.3) is 0 Å². The van der Waals surface area contributed by atoms with Gasteiger partial charge in [-0.15, -0.1) is 10.2 Å². The van der Waals surface area contributed by atoms with E-state index in [1.54, 1.807) is 12.1 Å². The number of nitrogens with one attached hydrogen (secondary N) is 2. The maximum absolute atomic E-state index is 12.8. The zero-order chi connectivity index (χ0) is 27.5. The number of morpholine rings is 1. The standard InChI is InChI=1S/C28H26N6O4S2/c35-26(29-21-10-12-23(13-11-21)40(36,37)33-14-16-38-17-15-33)19-39-28-32-31-27(34(28)22-7-2-1-3-8-22)25-18-20-6-4-5-9-24(20)30-25/h1-13,18,30H,14-17,19H2,(H,29,35). The molecule has 1 aliphatic heterocycles. The number of rotatable bonds is 8. The molecule has 1 saturated heterocycles. The number of sulfonamides is 1. The summed E-state index contributed by atoms with van der Waals surface area (Å²) in [6.07, 6.45) is 0. The van der Waals surface area contributed by atoms with Gasteiger partial charge in [-0.1, -0.05) is 48.2 Å². The van der Waals surface area contributed by atoms with Crippen LogP contribution < -0.4 is 5.32 Å². The van der Waals surface area contributed by atoms with Crippen LogP contribution in [0, 0.1) is 0 Å². The highest BCUT2D eigenvalue weighted by molar-refractivity contribution is 7.99. The fraction of sp³-hybridized carbons (Fsp3) is 0.179. The second kappa shape index (κ2) is 11.3. The van der Waals surface area contributed by atoms with E-state index in [0.717, 1.165) is 22.3 Å². The molecule has 3 aromatic carbocycles. The minimum atomic E-state index is -3.60. The van der Waals surface area contributed by atoms with Crippen molar-refractivity contribution in [3.05, 3.63) is 84.9 Å². The molecule has 10 nitrogen and oxygen atoms in total. The first kappa shape index (κ1) is 26.3. The van der Waals surface area contributed by atoms with E-state index in [1.807, 2.05) is 65.2 Å². The van der Waals surface area contributed by atoms with E-state index in [1.165, 1.54) is 28.2 Å². The van der Waals surface area contributed by atoms with E-state index in [4.69, 9.17) is 4.74 Å². The van der Waals surface area contributed by atoms with Crippen LogP contribution in [-0.2, 0) is 19.6 Å². The molecule has 12 heteroatoms. The maximum Gasteiger partial charge on any atom is 0.243 e. The number of carbonyl (C=O) groups is 1. The van der Waals surface area contributed by atoms with Crippen molar-refractivity contribution in [2.75, 3.05) is 37.4 Å². The summed E-state index contributed by atoms with van der Waals surface area (Å²) in [6.45, 7) is 1.42. The zero-order valence-electron chi connectivity index (χ0n) is 21.4. The van der Waals surface area contributed by atoms with E-state index in [0.29, 0.717) is 43.0 Å². The molecule has 3 heterocycles. The normalized spacial score (nSPS) is 14.4. The van der Waals surface area contributed by atoms with Gasteiger partial charge in [0.15, 0.2) is 11.0 Å². The average Bonchev–Trinajstić information content (AvgIpc) is 3.61. The summed E-state index contributed by atoms with van der Waals surface area (Å²) < 4.78 is 34.3. The third-order valence-electron chi connectivity index (χ3n) is 6.50. The number of hydrogen-bond acceptors (Lipinski definition) is 7. The highest BCUT2D eigenvalue weighted by Gasteiger charge is 2.26. The molecule has 1 amide bonds. The zero-order valence-corrected chi connectivity index (χ0v) is 23.0. The Morgan fingerprint density at radius 2 is 1.68 bits per heavy atom. The number of carbonyl (C=O) groups excluding carboxylic acids is 1. The van der Waals surface area contributed by atoms with Crippen molar-refractivity contribution in [2.24, 2.45) is 0 Å². The SMILES string of the molecule is O=C(CSc1nnc(-c2cc3ccccc3[nH]2)n1-c1ccccc1)Nc1ccc(S(=O)(=O)N2CCOCC2)cc1. The van der Waals surface area contributed by atoms with Gasteiger partial charge in [0.05, 0.1) is 29.6 Å². The molecule has 0 spiro atoms. The molecule has 0 unspecified atom stereocenters. The Balaban J connectivity index is 1.17. The van der Waals surface area contributed by atoms with E-state index < -0.39 is 10.0 Å². The summed E-state index contributed by atoms with van der Waals surface area (Å²) in [4.78, 5) is 16.4. The van der Waals surface area contributed by atoms with Crippen molar-refractivity contribution < 1.29 is 17.9 Å². The number of hydrogen-bond donors (Lipinski definition) is 2. The number of fused-ring (bicyclic) bond motifs is 1. The molecule has 2 aromatic heterocycles. The van der Waals surface area contributed by atoms with Crippen molar-refractivity contribution >= 4 is 44.3 Å². The maximum atomic E-state index is 12.8. The number of aromatic nitrogens is 4. The van der Waals surface area contributed by atoms with Crippen molar-refractivity contribution in [1.82, 2.24) is 24.1 Å². The van der Waals surface area contributed by atoms with Gasteiger partial charge in [0.1, 0.15) is 0 Å². The van der Waals surface area contributed by atoms with Crippen LogP contribution in [0.1, 0.15) is 0 Å². The number of H-pyrrole nitrogens is 1. The van der Waals surface area contributed by atoms with Crippen LogP contribution in [0.3, 0.4) is 0 Å². The molecule has 40 heavy (non-hydrogen) atoms. The highest BCUT2D eigenvalue weighted by Crippen LogP contribution is 2.30. The summed E-state index contributed by atoms with van der Waals surface area (Å²) in [5.74, 6) is 0.483. The molecule has 5 aromatic rings. The smallest absolute Gasteiger partial charge is 0.243 e. The van der Waals surface area contributed by atoms with Crippen molar-refractivity contribution in [2.45, 2.75) is 10.1 Å². The van der Waals surface area contributed by atoms with Crippen LogP contribution in [0.25, 0.3) is 28.1 Å². The van der Waals surface area contributed by atoms with Gasteiger partial charge in [0.2, 0.25) is 15.9 Å². The van der Waals surface area contributed by atoms with Gasteiger partial charge in [-0.25, -0.2) is 8.42 Å². The lowest BCUT2D eigenvalue weighted by molar-refractivity contribution is -0.113. The van der Waals surface area contributed by atoms with Gasteiger partial charge in [-0.05, 0) is 48.5 Å². The van der Waals surface area contributed by atoms with Crippen molar-refractivity contribution in [1.29, 1.82) is 0 Å². The second-order valence-electron chi connectivity index (χ2n) is 9.13. The quantitative estimate of drug-likeness (QED) is 0.267. The highest BCUT2D eigenvalue weighted by atomic mass is 32.2. The summed E-state index contributed by atoms with van der Waals surface area (Å²) in [5, 5.41) is 13.3. The predicted octanol–water partition coefficient (Wildman–Crippen LogP) is 4.17. The average molecular weight is 575 g/mol. The molecular weight excluding hydrogens is 548 g/mol. The number of para-hydroxylation sites is 2. The fourth-order valence-corrected chi connectivity index (χ4v) is 6.67. The molecule has 0 radical (unpaired) electrons. The van der Waals surface area contributed by atoms with Gasteiger partial charge >= 0.3 is 0 Å². The van der Waals surface area contributed by atoms with Gasteiger partial charge in [-0.3, -0.25) is 9.36 Å². The number of aromatic amines is 1. The van der Waals surface area contributed by atoms with Crippen LogP contribution >= 0.6 is 11.8 Å². The number of ether oxygens (including phenoxy) is 1. The van der Waals surface area contributed by atoms with Crippen LogP contribution in [0.2, 0.25) is 0 Å². The first-order valence-electron chi connectivity index (χ1n) is 12.7. The summed E-state index contributed by atoms with van der Waals surface area (Å²) in [7, 11) is -3.60. The largest absolute Gasteiger partial charge is 0.379 e. The van der Waals surface area contributed by atoms with E-state index in [-0.39, 0.29) is 16.6 Å². The minimum Gasteiger partial charge on any atom is -0.379 e. The lowest BCUT2D eigenvalue weighted by atomic mass is 10.2. The number of anilines is 1. The van der Waals surface area contributed by atoms with Gasteiger partial charge in [0, 0.05) is 35.4 Å². The summed E-state index contributed by atoms with van der Waals surface area (Å²) in [6, 6.07) is 26.0. The molecule has 2 N–H and O–H groups in total. The molecule has 0 bridgehead atoms. The molecule has 6 rings (SSSR count). The van der Waals surface area contributed by atoms with E-state index in [9.17, 15) is 13.2 Å². The Morgan fingerprint density at radius 3 is 2.42 bits per heavy atom. The van der Waals surface area contributed by atoms with Crippen LogP contribution in [0.4, 0.5) is 5.69 Å². The Morgan fingerprint density at radius 1 is 0.950 bits per heavy atom. The molecular formula is C28H26N6O4S2.